The number of nitrogens with zero attached hydrogens (tertiary/aromatic N) is 1. The summed E-state index contributed by atoms with van der Waals surface area (Å²) in [6, 6.07) is 11.5. The van der Waals surface area contributed by atoms with E-state index in [0.29, 0.717) is 0 Å². The van der Waals surface area contributed by atoms with Crippen molar-refractivity contribution in [2.75, 3.05) is 6.54 Å². The molecule has 0 atom stereocenters. The molecule has 36 heavy (non-hydrogen) atoms. The van der Waals surface area contributed by atoms with Crippen LogP contribution in [0.25, 0.3) is 0 Å². The van der Waals surface area contributed by atoms with Crippen molar-refractivity contribution in [3.05, 3.63) is 88.9 Å². The Kier molecular flexibility index (Phi) is 17.6. The highest BCUT2D eigenvalue weighted by atomic mass is 14.8. The topological polar surface area (TPSA) is 24.9 Å². The molecule has 0 aliphatic carbocycles. The first-order valence-electron chi connectivity index (χ1n) is 14.3. The van der Waals surface area contributed by atoms with E-state index in [9.17, 15) is 0 Å². The van der Waals surface area contributed by atoms with Crippen LogP contribution in [0.2, 0.25) is 0 Å². The molecule has 2 aromatic rings. The molecule has 2 nitrogen and oxygen atoms in total. The van der Waals surface area contributed by atoms with Crippen LogP contribution in [0, 0.1) is 12.3 Å². The largest absolute Gasteiger partial charge is 0.391 e. The summed E-state index contributed by atoms with van der Waals surface area (Å²) in [7, 11) is 0. The van der Waals surface area contributed by atoms with E-state index in [1.807, 2.05) is 13.8 Å². The predicted octanol–water partition coefficient (Wildman–Crippen LogP) is 9.38. The fourth-order valence-electron chi connectivity index (χ4n) is 4.16. The molecular formula is C34H56N2. The molecule has 0 aliphatic rings. The van der Waals surface area contributed by atoms with Crippen LogP contribution in [-0.2, 0) is 32.1 Å². The Morgan fingerprint density at radius 1 is 0.917 bits per heavy atom. The van der Waals surface area contributed by atoms with Crippen LogP contribution in [0.3, 0.4) is 0 Å². The second-order valence-electron chi connectivity index (χ2n) is 9.97. The SMILES string of the molecule is C=CNCCc1cc(CCc2nc(C)ccc2CC)ccc1CCC(C)(C)C(=C)CC.CC.CCC. The summed E-state index contributed by atoms with van der Waals surface area (Å²) in [5, 5.41) is 3.26. The number of allylic oxidation sites excluding steroid dienone is 1. The van der Waals surface area contributed by atoms with Crippen LogP contribution in [0.4, 0.5) is 0 Å². The quantitative estimate of drug-likeness (QED) is 0.222. The minimum absolute atomic E-state index is 0.178. The van der Waals surface area contributed by atoms with Crippen LogP contribution in [0.5, 0.6) is 0 Å². The minimum Gasteiger partial charge on any atom is -0.391 e. The molecule has 0 unspecified atom stereocenters. The van der Waals surface area contributed by atoms with E-state index in [4.69, 9.17) is 4.98 Å². The molecule has 1 N–H and O–H groups in total. The van der Waals surface area contributed by atoms with Gasteiger partial charge in [-0.1, -0.05) is 105 Å². The Labute approximate surface area is 224 Å². The second-order valence-corrected chi connectivity index (χ2v) is 9.97. The second kappa shape index (κ2) is 18.9. The third-order valence-corrected chi connectivity index (χ3v) is 6.60. The van der Waals surface area contributed by atoms with Gasteiger partial charge in [-0.25, -0.2) is 0 Å². The maximum absolute atomic E-state index is 4.81. The summed E-state index contributed by atoms with van der Waals surface area (Å²) in [5.74, 6) is 0. The van der Waals surface area contributed by atoms with Gasteiger partial charge in [0, 0.05) is 17.9 Å². The monoisotopic (exact) mass is 492 g/mol. The zero-order valence-corrected chi connectivity index (χ0v) is 25.2. The molecule has 0 spiro atoms. The van der Waals surface area contributed by atoms with Gasteiger partial charge in [-0.05, 0) is 91.8 Å². The number of aromatic nitrogens is 1. The molecule has 2 heteroatoms. The van der Waals surface area contributed by atoms with Crippen molar-refractivity contribution in [2.45, 2.75) is 114 Å². The van der Waals surface area contributed by atoms with Crippen molar-refractivity contribution in [3.63, 3.8) is 0 Å². The van der Waals surface area contributed by atoms with Crippen molar-refractivity contribution < 1.29 is 0 Å². The van der Waals surface area contributed by atoms with E-state index in [1.54, 1.807) is 6.20 Å². The normalized spacial score (nSPS) is 10.5. The lowest BCUT2D eigenvalue weighted by atomic mass is 9.78. The van der Waals surface area contributed by atoms with Crippen LogP contribution in [0.15, 0.2) is 55.3 Å². The lowest BCUT2D eigenvalue weighted by molar-refractivity contribution is 0.399. The molecule has 0 saturated heterocycles. The third kappa shape index (κ3) is 12.1. The molecule has 0 saturated carbocycles. The van der Waals surface area contributed by atoms with E-state index in [-0.39, 0.29) is 5.41 Å². The first-order chi connectivity index (χ1) is 17.2. The standard InChI is InChI=1S/C29H42N2.C3H8.C2H6/c1-8-22(4)29(6,7)19-17-26-15-12-24(21-27(26)18-20-30-10-3)13-16-28-25(9-2)14-11-23(5)31-28;1-3-2;1-2/h10-12,14-15,21,30H,3-4,8-9,13,16-20H2,1-2,5-7H3;3H2,1-2H3;1-2H3. The number of hydrogen-bond acceptors (Lipinski definition) is 2. The zero-order chi connectivity index (χ0) is 27.6. The van der Waals surface area contributed by atoms with Gasteiger partial charge in [0.2, 0.25) is 0 Å². The Morgan fingerprint density at radius 2 is 1.56 bits per heavy atom. The summed E-state index contributed by atoms with van der Waals surface area (Å²) in [6.45, 7) is 28.4. The number of pyridine rings is 1. The first kappa shape index (κ1) is 33.7. The number of hydrogen-bond donors (Lipinski definition) is 1. The Bertz CT molecular complexity index is 892. The molecule has 1 heterocycles. The number of aryl methyl sites for hydroxylation is 5. The van der Waals surface area contributed by atoms with E-state index in [2.05, 4.69) is 97.3 Å². The first-order valence-corrected chi connectivity index (χ1v) is 14.3. The van der Waals surface area contributed by atoms with Gasteiger partial charge in [-0.2, -0.15) is 0 Å². The zero-order valence-electron chi connectivity index (χ0n) is 25.2. The summed E-state index contributed by atoms with van der Waals surface area (Å²) in [6.07, 6.45) is 10.4. The highest BCUT2D eigenvalue weighted by Crippen LogP contribution is 2.33. The molecule has 2 rings (SSSR count). The molecule has 0 radical (unpaired) electrons. The molecule has 0 fully saturated rings. The molecule has 1 aromatic heterocycles. The van der Waals surface area contributed by atoms with Crippen molar-refractivity contribution in [3.8, 4) is 0 Å². The molecule has 1 aromatic carbocycles. The molecule has 0 amide bonds. The number of rotatable bonds is 13. The fourth-order valence-corrected chi connectivity index (χ4v) is 4.16. The highest BCUT2D eigenvalue weighted by molar-refractivity contribution is 5.34. The number of nitrogens with one attached hydrogen (secondary N) is 1. The summed E-state index contributed by atoms with van der Waals surface area (Å²) < 4.78 is 0. The highest BCUT2D eigenvalue weighted by Gasteiger charge is 2.20. The average Bonchev–Trinajstić information content (AvgIpc) is 2.88. The summed E-state index contributed by atoms with van der Waals surface area (Å²) in [5.41, 5.74) is 9.58. The summed E-state index contributed by atoms with van der Waals surface area (Å²) in [4.78, 5) is 4.81. The van der Waals surface area contributed by atoms with E-state index < -0.39 is 0 Å². The third-order valence-electron chi connectivity index (χ3n) is 6.60. The number of benzene rings is 1. The van der Waals surface area contributed by atoms with Gasteiger partial charge in [0.1, 0.15) is 0 Å². The van der Waals surface area contributed by atoms with Crippen molar-refractivity contribution in [1.29, 1.82) is 0 Å². The van der Waals surface area contributed by atoms with Crippen molar-refractivity contribution in [1.82, 2.24) is 10.3 Å². The van der Waals surface area contributed by atoms with Crippen LogP contribution in [0.1, 0.15) is 108 Å². The minimum atomic E-state index is 0.178. The van der Waals surface area contributed by atoms with Gasteiger partial charge in [-0.15, -0.1) is 0 Å². The van der Waals surface area contributed by atoms with E-state index in [1.165, 1.54) is 39.9 Å². The van der Waals surface area contributed by atoms with Gasteiger partial charge in [-0.3, -0.25) is 4.98 Å². The summed E-state index contributed by atoms with van der Waals surface area (Å²) >= 11 is 0. The van der Waals surface area contributed by atoms with Crippen LogP contribution in [-0.4, -0.2) is 11.5 Å². The average molecular weight is 493 g/mol. The van der Waals surface area contributed by atoms with Crippen molar-refractivity contribution in [2.24, 2.45) is 5.41 Å². The van der Waals surface area contributed by atoms with Gasteiger partial charge in [0.15, 0.2) is 0 Å². The maximum atomic E-state index is 4.81. The molecule has 0 bridgehead atoms. The fraction of sp³-hybridized carbons (Fsp3) is 0.559. The van der Waals surface area contributed by atoms with Gasteiger partial charge < -0.3 is 5.32 Å². The van der Waals surface area contributed by atoms with Gasteiger partial charge in [0.05, 0.1) is 0 Å². The van der Waals surface area contributed by atoms with E-state index in [0.717, 1.165) is 57.2 Å². The Morgan fingerprint density at radius 3 is 2.14 bits per heavy atom. The van der Waals surface area contributed by atoms with Gasteiger partial charge in [0.25, 0.3) is 0 Å². The van der Waals surface area contributed by atoms with Gasteiger partial charge >= 0.3 is 0 Å². The Balaban J connectivity index is 0.00000227. The smallest absolute Gasteiger partial charge is 0.0441 e. The van der Waals surface area contributed by atoms with Crippen molar-refractivity contribution >= 4 is 0 Å². The molecule has 0 aliphatic heterocycles. The van der Waals surface area contributed by atoms with E-state index >= 15 is 0 Å². The van der Waals surface area contributed by atoms with Crippen LogP contribution >= 0.6 is 0 Å². The lowest BCUT2D eigenvalue weighted by Crippen LogP contribution is -2.16. The van der Waals surface area contributed by atoms with Crippen LogP contribution < -0.4 is 5.32 Å². The Hall–Kier alpha value is -2.35. The maximum Gasteiger partial charge on any atom is 0.0441 e. The lowest BCUT2D eigenvalue weighted by Gasteiger charge is -2.27. The predicted molar refractivity (Wildman–Crippen MR) is 163 cm³/mol. The molecule has 202 valence electrons. The molecular weight excluding hydrogens is 436 g/mol.